The lowest BCUT2D eigenvalue weighted by Crippen LogP contribution is -2.30. The maximum Gasteiger partial charge on any atom is 0.201 e. The van der Waals surface area contributed by atoms with Crippen molar-refractivity contribution in [2.75, 3.05) is 13.2 Å². The van der Waals surface area contributed by atoms with Gasteiger partial charge in [-0.05, 0) is 80.6 Å². The monoisotopic (exact) mass is 476 g/mol. The first-order chi connectivity index (χ1) is 16.4. The predicted molar refractivity (Wildman–Crippen MR) is 125 cm³/mol. The fourth-order valence-corrected chi connectivity index (χ4v) is 5.34. The van der Waals surface area contributed by atoms with Crippen molar-refractivity contribution in [2.24, 2.45) is 5.92 Å². The first kappa shape index (κ1) is 24.8. The normalized spacial score (nSPS) is 23.0. The summed E-state index contributed by atoms with van der Waals surface area (Å²) in [6, 6.07) is 5.32. The van der Waals surface area contributed by atoms with Crippen LogP contribution in [0.3, 0.4) is 0 Å². The van der Waals surface area contributed by atoms with E-state index in [4.69, 9.17) is 9.47 Å². The quantitative estimate of drug-likeness (QED) is 0.297. The number of halogens is 4. The molecule has 0 spiro atoms. The van der Waals surface area contributed by atoms with Gasteiger partial charge in [-0.1, -0.05) is 31.6 Å². The highest BCUT2D eigenvalue weighted by Crippen LogP contribution is 2.42. The average molecular weight is 477 g/mol. The van der Waals surface area contributed by atoms with E-state index in [1.54, 1.807) is 6.92 Å². The van der Waals surface area contributed by atoms with Gasteiger partial charge < -0.3 is 9.47 Å². The number of hydrogen-bond acceptors (Lipinski definition) is 2. The summed E-state index contributed by atoms with van der Waals surface area (Å²) in [6.07, 6.45) is 8.91. The van der Waals surface area contributed by atoms with Crippen LogP contribution >= 0.6 is 0 Å². The maximum absolute atomic E-state index is 15.1. The van der Waals surface area contributed by atoms with Crippen molar-refractivity contribution in [1.29, 1.82) is 0 Å². The van der Waals surface area contributed by atoms with Gasteiger partial charge in [0.2, 0.25) is 5.82 Å². The summed E-state index contributed by atoms with van der Waals surface area (Å²) < 4.78 is 70.0. The number of benzene rings is 2. The fourth-order valence-electron chi connectivity index (χ4n) is 5.34. The molecule has 0 bridgehead atoms. The molecule has 2 aliphatic rings. The molecule has 4 rings (SSSR count). The van der Waals surface area contributed by atoms with Gasteiger partial charge in [-0.3, -0.25) is 0 Å². The summed E-state index contributed by atoms with van der Waals surface area (Å²) in [7, 11) is 0. The molecule has 1 atom stereocenters. The second kappa shape index (κ2) is 10.9. The Morgan fingerprint density at radius 3 is 2.15 bits per heavy atom. The van der Waals surface area contributed by atoms with Gasteiger partial charge >= 0.3 is 0 Å². The van der Waals surface area contributed by atoms with Crippen LogP contribution in [-0.4, -0.2) is 19.3 Å². The molecule has 1 heterocycles. The molecule has 0 N–H and O–H groups in total. The lowest BCUT2D eigenvalue weighted by Gasteiger charge is -2.35. The molecule has 1 unspecified atom stereocenters. The van der Waals surface area contributed by atoms with Crippen LogP contribution in [0.1, 0.15) is 70.3 Å². The Hall–Kier alpha value is -2.34. The Bertz CT molecular complexity index is 1040. The SMILES string of the molecule is CCCC1=CCC(C2CCC(c3ccc(-c4ccc(OCC)c(F)c4F)c(F)c3F)CC2)OC1. The van der Waals surface area contributed by atoms with Gasteiger partial charge in [0.25, 0.3) is 0 Å². The summed E-state index contributed by atoms with van der Waals surface area (Å²) in [6.45, 7) is 4.67. The Morgan fingerprint density at radius 2 is 1.53 bits per heavy atom. The second-order valence-electron chi connectivity index (χ2n) is 9.31. The summed E-state index contributed by atoms with van der Waals surface area (Å²) in [5, 5.41) is 0. The van der Waals surface area contributed by atoms with Crippen molar-refractivity contribution in [1.82, 2.24) is 0 Å². The standard InChI is InChI=1S/C28H32F4O2/c1-3-5-17-6-14-23(34-16-17)19-9-7-18(8-10-19)20-11-12-21(26(30)25(20)29)22-13-15-24(33-4-2)28(32)27(22)31/h6,11-13,15,18-19,23H,3-5,7-10,14,16H2,1-2H3. The summed E-state index contributed by atoms with van der Waals surface area (Å²) in [4.78, 5) is 0. The zero-order valence-corrected chi connectivity index (χ0v) is 19.8. The molecule has 1 aliphatic carbocycles. The highest BCUT2D eigenvalue weighted by molar-refractivity contribution is 5.66. The Labute approximate surface area is 199 Å². The minimum Gasteiger partial charge on any atom is -0.491 e. The van der Waals surface area contributed by atoms with Crippen LogP contribution in [-0.2, 0) is 4.74 Å². The Morgan fingerprint density at radius 1 is 0.853 bits per heavy atom. The van der Waals surface area contributed by atoms with Crippen molar-refractivity contribution in [3.8, 4) is 16.9 Å². The van der Waals surface area contributed by atoms with Crippen molar-refractivity contribution in [2.45, 2.75) is 70.8 Å². The van der Waals surface area contributed by atoms with E-state index in [1.165, 1.54) is 29.8 Å². The molecule has 2 aromatic rings. The zero-order chi connectivity index (χ0) is 24.2. The third kappa shape index (κ3) is 5.02. The molecule has 2 nitrogen and oxygen atoms in total. The molecule has 6 heteroatoms. The lowest BCUT2D eigenvalue weighted by atomic mass is 9.75. The molecule has 2 aromatic carbocycles. The topological polar surface area (TPSA) is 18.5 Å². The molecular weight excluding hydrogens is 444 g/mol. The van der Waals surface area contributed by atoms with Gasteiger partial charge in [-0.25, -0.2) is 13.2 Å². The van der Waals surface area contributed by atoms with Crippen LogP contribution in [0.25, 0.3) is 11.1 Å². The third-order valence-corrected chi connectivity index (χ3v) is 7.18. The van der Waals surface area contributed by atoms with E-state index < -0.39 is 23.3 Å². The van der Waals surface area contributed by atoms with Crippen molar-refractivity contribution in [3.05, 3.63) is 64.7 Å². The largest absolute Gasteiger partial charge is 0.491 e. The number of rotatable bonds is 7. The molecule has 0 amide bonds. The van der Waals surface area contributed by atoms with Gasteiger partial charge in [0.1, 0.15) is 0 Å². The summed E-state index contributed by atoms with van der Waals surface area (Å²) in [5.74, 6) is -4.51. The minimum atomic E-state index is -1.25. The molecule has 1 fully saturated rings. The second-order valence-corrected chi connectivity index (χ2v) is 9.31. The lowest BCUT2D eigenvalue weighted by molar-refractivity contribution is 0.00350. The summed E-state index contributed by atoms with van der Waals surface area (Å²) in [5.41, 5.74) is 1.06. The molecule has 1 aliphatic heterocycles. The molecule has 34 heavy (non-hydrogen) atoms. The molecule has 0 radical (unpaired) electrons. The first-order valence-electron chi connectivity index (χ1n) is 12.3. The van der Waals surface area contributed by atoms with E-state index >= 15 is 8.78 Å². The average Bonchev–Trinajstić information content (AvgIpc) is 2.85. The zero-order valence-electron chi connectivity index (χ0n) is 19.8. The van der Waals surface area contributed by atoms with Crippen molar-refractivity contribution >= 4 is 0 Å². The molecule has 184 valence electrons. The van der Waals surface area contributed by atoms with Crippen LogP contribution in [0.15, 0.2) is 35.9 Å². The van der Waals surface area contributed by atoms with Crippen LogP contribution in [0.4, 0.5) is 17.6 Å². The summed E-state index contributed by atoms with van der Waals surface area (Å²) >= 11 is 0. The molecule has 0 saturated heterocycles. The van der Waals surface area contributed by atoms with Crippen LogP contribution in [0.5, 0.6) is 5.75 Å². The maximum atomic E-state index is 15.1. The van der Waals surface area contributed by atoms with E-state index in [0.717, 1.165) is 44.9 Å². The molecule has 1 saturated carbocycles. The third-order valence-electron chi connectivity index (χ3n) is 7.18. The van der Waals surface area contributed by atoms with Gasteiger partial charge in [-0.2, -0.15) is 4.39 Å². The molecular formula is C28H32F4O2. The van der Waals surface area contributed by atoms with Crippen LogP contribution in [0, 0.1) is 29.2 Å². The van der Waals surface area contributed by atoms with E-state index in [-0.39, 0.29) is 35.5 Å². The fraction of sp³-hybridized carbons (Fsp3) is 0.500. The smallest absolute Gasteiger partial charge is 0.201 e. The highest BCUT2D eigenvalue weighted by atomic mass is 19.2. The Balaban J connectivity index is 1.46. The number of ether oxygens (including phenoxy) is 2. The van der Waals surface area contributed by atoms with Crippen molar-refractivity contribution < 1.29 is 27.0 Å². The van der Waals surface area contributed by atoms with Gasteiger partial charge in [-0.15, -0.1) is 0 Å². The van der Waals surface area contributed by atoms with Crippen LogP contribution < -0.4 is 4.74 Å². The van der Waals surface area contributed by atoms with E-state index in [1.807, 2.05) is 0 Å². The van der Waals surface area contributed by atoms with E-state index in [2.05, 4.69) is 13.0 Å². The predicted octanol–water partition coefficient (Wildman–Crippen LogP) is 8.10. The van der Waals surface area contributed by atoms with Gasteiger partial charge in [0.15, 0.2) is 23.2 Å². The highest BCUT2D eigenvalue weighted by Gasteiger charge is 2.32. The van der Waals surface area contributed by atoms with Gasteiger partial charge in [0.05, 0.1) is 19.3 Å². The number of hydrogen-bond donors (Lipinski definition) is 0. The van der Waals surface area contributed by atoms with Crippen LogP contribution in [0.2, 0.25) is 0 Å². The minimum absolute atomic E-state index is 0.100. The van der Waals surface area contributed by atoms with Crippen molar-refractivity contribution in [3.63, 3.8) is 0 Å². The first-order valence-corrected chi connectivity index (χ1v) is 12.3. The van der Waals surface area contributed by atoms with Gasteiger partial charge in [0, 0.05) is 11.1 Å². The van der Waals surface area contributed by atoms with E-state index in [0.29, 0.717) is 18.1 Å². The van der Waals surface area contributed by atoms with E-state index in [9.17, 15) is 8.78 Å². The Kier molecular flexibility index (Phi) is 7.97. The molecule has 0 aromatic heterocycles.